The first-order valence-corrected chi connectivity index (χ1v) is 7.96. The number of aliphatic imine (C=N–C) groups is 1. The van der Waals surface area contributed by atoms with Gasteiger partial charge in [-0.15, -0.1) is 24.0 Å². The van der Waals surface area contributed by atoms with E-state index in [1.165, 1.54) is 5.56 Å². The number of aromatic nitrogens is 3. The van der Waals surface area contributed by atoms with Gasteiger partial charge in [0.15, 0.2) is 5.96 Å². The van der Waals surface area contributed by atoms with E-state index in [1.807, 2.05) is 26.2 Å². The number of hydrogen-bond donors (Lipinski definition) is 1. The van der Waals surface area contributed by atoms with E-state index < -0.39 is 0 Å². The van der Waals surface area contributed by atoms with Gasteiger partial charge in [0.2, 0.25) is 0 Å². The largest absolute Gasteiger partial charge is 0.357 e. The van der Waals surface area contributed by atoms with Crippen LogP contribution in [0.25, 0.3) is 0 Å². The summed E-state index contributed by atoms with van der Waals surface area (Å²) in [4.78, 5) is 10.9. The predicted octanol–water partition coefficient (Wildman–Crippen LogP) is 2.79. The molecule has 0 atom stereocenters. The van der Waals surface area contributed by atoms with Crippen LogP contribution in [0.1, 0.15) is 18.3 Å². The van der Waals surface area contributed by atoms with Crippen molar-refractivity contribution in [1.82, 2.24) is 25.0 Å². The van der Waals surface area contributed by atoms with Crippen LogP contribution in [0.5, 0.6) is 0 Å². The highest BCUT2D eigenvalue weighted by Gasteiger charge is 2.07. The van der Waals surface area contributed by atoms with Crippen molar-refractivity contribution in [2.75, 3.05) is 13.6 Å². The molecule has 0 saturated carbocycles. The molecule has 23 heavy (non-hydrogen) atoms. The first-order valence-electron chi connectivity index (χ1n) is 7.17. The zero-order valence-corrected chi connectivity index (χ0v) is 17.4. The Kier molecular flexibility index (Phi) is 8.53. The third-order valence-electron chi connectivity index (χ3n) is 3.20. The summed E-state index contributed by atoms with van der Waals surface area (Å²) in [5.41, 5.74) is 1.23. The summed E-state index contributed by atoms with van der Waals surface area (Å²) in [6.07, 6.45) is 1.54. The number of guanidine groups is 1. The first-order chi connectivity index (χ1) is 10.6. The van der Waals surface area contributed by atoms with E-state index in [4.69, 9.17) is 0 Å². The number of aryl methyl sites for hydroxylation is 1. The normalized spacial score (nSPS) is 11.0. The number of rotatable bonds is 5. The molecule has 0 amide bonds. The molecule has 6 nitrogen and oxygen atoms in total. The second-order valence-corrected chi connectivity index (χ2v) is 5.87. The summed E-state index contributed by atoms with van der Waals surface area (Å²) in [6, 6.07) is 8.30. The molecule has 1 aromatic carbocycles. The molecular formula is C15H22BrIN6. The molecule has 1 N–H and O–H groups in total. The molecule has 1 heterocycles. The Labute approximate surface area is 162 Å². The molecule has 0 radical (unpaired) electrons. The van der Waals surface area contributed by atoms with Crippen LogP contribution in [0.15, 0.2) is 40.1 Å². The molecule has 0 spiro atoms. The van der Waals surface area contributed by atoms with Gasteiger partial charge in [-0.3, -0.25) is 4.68 Å². The molecule has 0 unspecified atom stereocenters. The van der Waals surface area contributed by atoms with Gasteiger partial charge >= 0.3 is 0 Å². The molecular weight excluding hydrogens is 471 g/mol. The molecule has 8 heteroatoms. The van der Waals surface area contributed by atoms with Gasteiger partial charge in [0.25, 0.3) is 0 Å². The topological polar surface area (TPSA) is 58.3 Å². The maximum atomic E-state index is 4.63. The van der Waals surface area contributed by atoms with Crippen molar-refractivity contribution in [3.8, 4) is 0 Å². The number of halogens is 2. The van der Waals surface area contributed by atoms with E-state index >= 15 is 0 Å². The molecule has 0 aliphatic rings. The summed E-state index contributed by atoms with van der Waals surface area (Å²) in [7, 11) is 3.90. The fourth-order valence-electron chi connectivity index (χ4n) is 2.02. The molecule has 0 fully saturated rings. The quantitative estimate of drug-likeness (QED) is 0.396. The highest BCUT2D eigenvalue weighted by atomic mass is 127. The molecule has 126 valence electrons. The van der Waals surface area contributed by atoms with Crippen LogP contribution in [0, 0.1) is 0 Å². The van der Waals surface area contributed by atoms with E-state index in [0.717, 1.165) is 29.3 Å². The Morgan fingerprint density at radius 2 is 2.04 bits per heavy atom. The van der Waals surface area contributed by atoms with Crippen molar-refractivity contribution in [3.05, 3.63) is 46.5 Å². The van der Waals surface area contributed by atoms with Gasteiger partial charge in [0.05, 0.1) is 0 Å². The smallest absolute Gasteiger partial charge is 0.194 e. The minimum absolute atomic E-state index is 0. The van der Waals surface area contributed by atoms with Gasteiger partial charge in [0, 0.05) is 31.7 Å². The van der Waals surface area contributed by atoms with E-state index in [0.29, 0.717) is 6.54 Å². The maximum Gasteiger partial charge on any atom is 0.194 e. The van der Waals surface area contributed by atoms with Gasteiger partial charge < -0.3 is 10.2 Å². The van der Waals surface area contributed by atoms with Crippen LogP contribution in [-0.4, -0.2) is 39.2 Å². The van der Waals surface area contributed by atoms with Crippen molar-refractivity contribution in [2.24, 2.45) is 12.0 Å². The van der Waals surface area contributed by atoms with Crippen molar-refractivity contribution in [1.29, 1.82) is 0 Å². The lowest BCUT2D eigenvalue weighted by Gasteiger charge is -2.22. The second-order valence-electron chi connectivity index (χ2n) is 4.95. The van der Waals surface area contributed by atoms with Gasteiger partial charge in [-0.05, 0) is 24.6 Å². The molecule has 1 aromatic heterocycles. The summed E-state index contributed by atoms with van der Waals surface area (Å²) >= 11 is 3.45. The van der Waals surface area contributed by atoms with Gasteiger partial charge in [-0.25, -0.2) is 9.98 Å². The lowest BCUT2D eigenvalue weighted by atomic mass is 10.2. The average molecular weight is 493 g/mol. The number of benzene rings is 1. The van der Waals surface area contributed by atoms with E-state index in [9.17, 15) is 0 Å². The molecule has 0 aliphatic carbocycles. The van der Waals surface area contributed by atoms with Crippen LogP contribution in [0.4, 0.5) is 0 Å². The zero-order chi connectivity index (χ0) is 15.9. The van der Waals surface area contributed by atoms with Crippen molar-refractivity contribution >= 4 is 45.9 Å². The lowest BCUT2D eigenvalue weighted by Crippen LogP contribution is -2.38. The molecule has 2 rings (SSSR count). The van der Waals surface area contributed by atoms with Crippen LogP contribution in [0.2, 0.25) is 0 Å². The maximum absolute atomic E-state index is 4.63. The fraction of sp³-hybridized carbons (Fsp3) is 0.400. The minimum Gasteiger partial charge on any atom is -0.357 e. The molecule has 0 aliphatic heterocycles. The SMILES string of the molecule is CCNC(=NCc1ncnn1C)N(C)Cc1ccc(Br)cc1.I. The van der Waals surface area contributed by atoms with E-state index in [-0.39, 0.29) is 24.0 Å². The highest BCUT2D eigenvalue weighted by molar-refractivity contribution is 14.0. The number of hydrogen-bond acceptors (Lipinski definition) is 3. The Morgan fingerprint density at radius 3 is 2.61 bits per heavy atom. The summed E-state index contributed by atoms with van der Waals surface area (Å²) in [5.74, 6) is 1.70. The van der Waals surface area contributed by atoms with Crippen molar-refractivity contribution < 1.29 is 0 Å². The van der Waals surface area contributed by atoms with Crippen molar-refractivity contribution in [2.45, 2.75) is 20.0 Å². The second kappa shape index (κ2) is 9.86. The van der Waals surface area contributed by atoms with E-state index in [1.54, 1.807) is 11.0 Å². The highest BCUT2D eigenvalue weighted by Crippen LogP contribution is 2.12. The van der Waals surface area contributed by atoms with Crippen LogP contribution in [0.3, 0.4) is 0 Å². The third kappa shape index (κ3) is 6.09. The Balaban J connectivity index is 0.00000264. The lowest BCUT2D eigenvalue weighted by molar-refractivity contribution is 0.476. The zero-order valence-electron chi connectivity index (χ0n) is 13.5. The Morgan fingerprint density at radius 1 is 1.35 bits per heavy atom. The standard InChI is InChI=1S/C15H21BrN6.HI/c1-4-17-15(18-9-14-19-11-20-22(14)3)21(2)10-12-5-7-13(16)8-6-12;/h5-8,11H,4,9-10H2,1-3H3,(H,17,18);1H. The van der Waals surface area contributed by atoms with Crippen LogP contribution in [-0.2, 0) is 20.1 Å². The van der Waals surface area contributed by atoms with E-state index in [2.05, 4.69) is 60.3 Å². The number of nitrogens with one attached hydrogen (secondary N) is 1. The summed E-state index contributed by atoms with van der Waals surface area (Å²) in [6.45, 7) is 4.18. The number of nitrogens with zero attached hydrogens (tertiary/aromatic N) is 5. The summed E-state index contributed by atoms with van der Waals surface area (Å²) in [5, 5.41) is 7.36. The van der Waals surface area contributed by atoms with Crippen LogP contribution >= 0.6 is 39.9 Å². The van der Waals surface area contributed by atoms with Gasteiger partial charge in [-0.2, -0.15) is 5.10 Å². The molecule has 2 aromatic rings. The Bertz CT molecular complexity index is 625. The first kappa shape index (κ1) is 19.9. The predicted molar refractivity (Wildman–Crippen MR) is 107 cm³/mol. The van der Waals surface area contributed by atoms with Crippen LogP contribution < -0.4 is 5.32 Å². The summed E-state index contributed by atoms with van der Waals surface area (Å²) < 4.78 is 2.82. The Hall–Kier alpha value is -1.16. The van der Waals surface area contributed by atoms with Crippen molar-refractivity contribution in [3.63, 3.8) is 0 Å². The average Bonchev–Trinajstić information content (AvgIpc) is 2.91. The minimum atomic E-state index is 0. The molecule has 0 saturated heterocycles. The monoisotopic (exact) mass is 492 g/mol. The van der Waals surface area contributed by atoms with Gasteiger partial charge in [-0.1, -0.05) is 28.1 Å². The molecule has 0 bridgehead atoms. The third-order valence-corrected chi connectivity index (χ3v) is 3.73. The fourth-order valence-corrected chi connectivity index (χ4v) is 2.28. The van der Waals surface area contributed by atoms with Gasteiger partial charge in [0.1, 0.15) is 18.7 Å².